The van der Waals surface area contributed by atoms with Gasteiger partial charge >= 0.3 is 0 Å². The van der Waals surface area contributed by atoms with Crippen LogP contribution in [0.2, 0.25) is 5.02 Å². The van der Waals surface area contributed by atoms with E-state index in [1.54, 1.807) is 0 Å². The second kappa shape index (κ2) is 5.96. The lowest BCUT2D eigenvalue weighted by molar-refractivity contribution is -0.385. The zero-order valence-corrected chi connectivity index (χ0v) is 12.3. The molecule has 114 valence electrons. The molecule has 1 saturated heterocycles. The van der Waals surface area contributed by atoms with Gasteiger partial charge in [0.05, 0.1) is 9.95 Å². The number of benzene rings is 1. The van der Waals surface area contributed by atoms with Gasteiger partial charge in [0.25, 0.3) is 5.69 Å². The molecular weight excluding hydrogens is 322 g/mol. The summed E-state index contributed by atoms with van der Waals surface area (Å²) in [6.07, 6.45) is 0.883. The van der Waals surface area contributed by atoms with E-state index in [1.165, 1.54) is 0 Å². The van der Waals surface area contributed by atoms with Gasteiger partial charge in [-0.2, -0.15) is 0 Å². The minimum atomic E-state index is -3.99. The van der Waals surface area contributed by atoms with Gasteiger partial charge in [0.15, 0.2) is 0 Å². The van der Waals surface area contributed by atoms with Crippen LogP contribution in [0.1, 0.15) is 12.8 Å². The van der Waals surface area contributed by atoms with Crippen molar-refractivity contribution in [3.05, 3.63) is 33.3 Å². The zero-order chi connectivity index (χ0) is 15.6. The van der Waals surface area contributed by atoms with Crippen molar-refractivity contribution in [3.63, 3.8) is 0 Å². The number of nitro groups is 1. The molecule has 21 heavy (non-hydrogen) atoms. The Kier molecular flexibility index (Phi) is 4.45. The lowest BCUT2D eigenvalue weighted by atomic mass is 10.2. The highest BCUT2D eigenvalue weighted by molar-refractivity contribution is 7.89. The van der Waals surface area contributed by atoms with Crippen LogP contribution in [-0.4, -0.2) is 31.8 Å². The first kappa shape index (κ1) is 15.7. The van der Waals surface area contributed by atoms with E-state index in [2.05, 4.69) is 10.0 Å². The Morgan fingerprint density at radius 3 is 2.76 bits per heavy atom. The van der Waals surface area contributed by atoms with E-state index < -0.39 is 14.9 Å². The van der Waals surface area contributed by atoms with Gasteiger partial charge in [-0.1, -0.05) is 11.6 Å². The Hall–Kier alpha value is -1.71. The fraction of sp³-hybridized carbons (Fsp3) is 0.364. The van der Waals surface area contributed by atoms with Crippen LogP contribution in [0.3, 0.4) is 0 Å². The maximum absolute atomic E-state index is 12.1. The standard InChI is InChI=1S/C11H12ClN3O5S/c12-9-3-2-8(15(17)18)5-10(9)21(19,20)13-6-7-1-4-11(16)14-7/h2-3,5,7,13H,1,4,6H2,(H,14,16). The smallest absolute Gasteiger partial charge is 0.270 e. The molecule has 0 aliphatic carbocycles. The number of amides is 1. The summed E-state index contributed by atoms with van der Waals surface area (Å²) in [5.41, 5.74) is -0.367. The van der Waals surface area contributed by atoms with Crippen molar-refractivity contribution >= 4 is 33.2 Å². The molecule has 1 aromatic rings. The largest absolute Gasteiger partial charge is 0.352 e. The van der Waals surface area contributed by atoms with E-state index in [0.717, 1.165) is 18.2 Å². The normalized spacial score (nSPS) is 18.5. The fourth-order valence-electron chi connectivity index (χ4n) is 1.93. The van der Waals surface area contributed by atoms with Gasteiger partial charge < -0.3 is 5.32 Å². The third kappa shape index (κ3) is 3.69. The predicted molar refractivity (Wildman–Crippen MR) is 74.5 cm³/mol. The summed E-state index contributed by atoms with van der Waals surface area (Å²) >= 11 is 5.79. The average Bonchev–Trinajstić information content (AvgIpc) is 2.82. The highest BCUT2D eigenvalue weighted by atomic mass is 35.5. The summed E-state index contributed by atoms with van der Waals surface area (Å²) < 4.78 is 26.6. The summed E-state index contributed by atoms with van der Waals surface area (Å²) in [7, 11) is -3.99. The molecule has 0 aromatic heterocycles. The molecule has 1 amide bonds. The first-order chi connectivity index (χ1) is 9.79. The molecule has 1 atom stereocenters. The van der Waals surface area contributed by atoms with Gasteiger partial charge in [-0.25, -0.2) is 13.1 Å². The van der Waals surface area contributed by atoms with Crippen LogP contribution in [0, 0.1) is 10.1 Å². The maximum Gasteiger partial charge on any atom is 0.270 e. The maximum atomic E-state index is 12.1. The van der Waals surface area contributed by atoms with Crippen LogP contribution >= 0.6 is 11.6 Å². The van der Waals surface area contributed by atoms with Gasteiger partial charge in [0.2, 0.25) is 15.9 Å². The second-order valence-electron chi connectivity index (χ2n) is 4.53. The number of carbonyl (C=O) groups excluding carboxylic acids is 1. The predicted octanol–water partition coefficient (Wildman–Crippen LogP) is 0.805. The van der Waals surface area contributed by atoms with Crippen molar-refractivity contribution in [2.45, 2.75) is 23.8 Å². The number of nitrogens with one attached hydrogen (secondary N) is 2. The number of nitrogens with zero attached hydrogens (tertiary/aromatic N) is 1. The quantitative estimate of drug-likeness (QED) is 0.610. The molecule has 1 aliphatic rings. The van der Waals surface area contributed by atoms with Crippen LogP contribution < -0.4 is 10.0 Å². The number of sulfonamides is 1. The lowest BCUT2D eigenvalue weighted by Crippen LogP contribution is -2.38. The van der Waals surface area contributed by atoms with E-state index in [-0.39, 0.29) is 34.1 Å². The van der Waals surface area contributed by atoms with Crippen molar-refractivity contribution in [1.29, 1.82) is 0 Å². The van der Waals surface area contributed by atoms with Gasteiger partial charge in [-0.15, -0.1) is 0 Å². The van der Waals surface area contributed by atoms with Crippen molar-refractivity contribution in [3.8, 4) is 0 Å². The summed E-state index contributed by atoms with van der Waals surface area (Å²) in [6, 6.07) is 2.90. The van der Waals surface area contributed by atoms with Gasteiger partial charge in [-0.05, 0) is 12.5 Å². The van der Waals surface area contributed by atoms with Crippen LogP contribution in [0.15, 0.2) is 23.1 Å². The molecule has 10 heteroatoms. The topological polar surface area (TPSA) is 118 Å². The summed E-state index contributed by atoms with van der Waals surface area (Å²) in [4.78, 5) is 20.7. The van der Waals surface area contributed by atoms with Crippen LogP contribution in [-0.2, 0) is 14.8 Å². The second-order valence-corrected chi connectivity index (χ2v) is 6.67. The first-order valence-corrected chi connectivity index (χ1v) is 7.88. The van der Waals surface area contributed by atoms with E-state index in [1.807, 2.05) is 0 Å². The molecule has 1 unspecified atom stereocenters. The number of halogens is 1. The minimum Gasteiger partial charge on any atom is -0.352 e. The molecule has 1 heterocycles. The van der Waals surface area contributed by atoms with E-state index >= 15 is 0 Å². The number of nitro benzene ring substituents is 1. The summed E-state index contributed by atoms with van der Waals surface area (Å²) in [5, 5.41) is 13.2. The number of rotatable bonds is 5. The molecule has 0 saturated carbocycles. The molecule has 2 N–H and O–H groups in total. The van der Waals surface area contributed by atoms with E-state index in [9.17, 15) is 23.3 Å². The monoisotopic (exact) mass is 333 g/mol. The molecular formula is C11H12ClN3O5S. The van der Waals surface area contributed by atoms with Crippen molar-refractivity contribution < 1.29 is 18.1 Å². The molecule has 0 radical (unpaired) electrons. The van der Waals surface area contributed by atoms with Crippen LogP contribution in [0.5, 0.6) is 0 Å². The van der Waals surface area contributed by atoms with Crippen molar-refractivity contribution in [2.24, 2.45) is 0 Å². The van der Waals surface area contributed by atoms with E-state index in [0.29, 0.717) is 12.8 Å². The molecule has 1 aromatic carbocycles. The Morgan fingerprint density at radius 2 is 2.19 bits per heavy atom. The third-order valence-electron chi connectivity index (χ3n) is 3.02. The Balaban J connectivity index is 2.17. The SMILES string of the molecule is O=C1CCC(CNS(=O)(=O)c2cc([N+](=O)[O-])ccc2Cl)N1. The number of hydrogen-bond donors (Lipinski definition) is 2. The number of hydrogen-bond acceptors (Lipinski definition) is 5. The number of carbonyl (C=O) groups is 1. The van der Waals surface area contributed by atoms with Crippen molar-refractivity contribution in [1.82, 2.24) is 10.0 Å². The molecule has 0 bridgehead atoms. The fourth-order valence-corrected chi connectivity index (χ4v) is 3.53. The Morgan fingerprint density at radius 1 is 1.48 bits per heavy atom. The average molecular weight is 334 g/mol. The molecule has 0 spiro atoms. The third-order valence-corrected chi connectivity index (χ3v) is 4.92. The Labute approximate surface area is 125 Å². The molecule has 2 rings (SSSR count). The molecule has 8 nitrogen and oxygen atoms in total. The van der Waals surface area contributed by atoms with Crippen LogP contribution in [0.4, 0.5) is 5.69 Å². The van der Waals surface area contributed by atoms with Crippen molar-refractivity contribution in [2.75, 3.05) is 6.54 Å². The van der Waals surface area contributed by atoms with Crippen LogP contribution in [0.25, 0.3) is 0 Å². The molecule has 1 fully saturated rings. The first-order valence-electron chi connectivity index (χ1n) is 6.02. The van der Waals surface area contributed by atoms with Gasteiger partial charge in [-0.3, -0.25) is 14.9 Å². The highest BCUT2D eigenvalue weighted by Gasteiger charge is 2.25. The molecule has 1 aliphatic heterocycles. The highest BCUT2D eigenvalue weighted by Crippen LogP contribution is 2.26. The minimum absolute atomic E-state index is 0.00704. The zero-order valence-electron chi connectivity index (χ0n) is 10.7. The Bertz CT molecular complexity index is 691. The van der Waals surface area contributed by atoms with Gasteiger partial charge in [0, 0.05) is 31.1 Å². The van der Waals surface area contributed by atoms with E-state index in [4.69, 9.17) is 11.6 Å². The van der Waals surface area contributed by atoms with Gasteiger partial charge in [0.1, 0.15) is 4.90 Å². The lowest BCUT2D eigenvalue weighted by Gasteiger charge is -2.12. The summed E-state index contributed by atoms with van der Waals surface area (Å²) in [5.74, 6) is -0.132. The number of non-ortho nitro benzene ring substituents is 1. The summed E-state index contributed by atoms with van der Waals surface area (Å²) in [6.45, 7) is 0.00704.